The van der Waals surface area contributed by atoms with Crippen LogP contribution in [-0.4, -0.2) is 17.7 Å². The minimum atomic E-state index is -3.34. The molecule has 0 N–H and O–H groups in total. The van der Waals surface area contributed by atoms with E-state index in [1.54, 1.807) is 0 Å². The van der Waals surface area contributed by atoms with Gasteiger partial charge in [0.2, 0.25) is 0 Å². The van der Waals surface area contributed by atoms with Gasteiger partial charge in [0.1, 0.15) is 0 Å². The molecule has 1 atom stereocenters. The van der Waals surface area contributed by atoms with Crippen molar-refractivity contribution in [2.45, 2.75) is 12.5 Å². The number of halogens is 1. The Morgan fingerprint density at radius 2 is 1.57 bits per heavy atom. The second-order valence-corrected chi connectivity index (χ2v) is 8.88. The maximum absolute atomic E-state index is 12.0. The summed E-state index contributed by atoms with van der Waals surface area (Å²) in [6.45, 7) is 0. The zero-order chi connectivity index (χ0) is 15.3. The molecule has 0 aliphatic rings. The average molecular weight is 411 g/mol. The van der Waals surface area contributed by atoms with Crippen molar-refractivity contribution in [1.82, 2.24) is 3.05 Å². The van der Waals surface area contributed by atoms with Gasteiger partial charge in [-0.3, -0.25) is 0 Å². The van der Waals surface area contributed by atoms with E-state index in [9.17, 15) is 8.42 Å². The average Bonchev–Trinajstić information content (AvgIpc) is 2.47. The number of benzene rings is 2. The summed E-state index contributed by atoms with van der Waals surface area (Å²) < 4.78 is 25.5. The van der Waals surface area contributed by atoms with Crippen molar-refractivity contribution in [3.05, 3.63) is 71.8 Å². The summed E-state index contributed by atoms with van der Waals surface area (Å²) in [4.78, 5) is 0. The predicted molar refractivity (Wildman–Crippen MR) is 81.9 cm³/mol. The van der Waals surface area contributed by atoms with E-state index >= 15 is 0 Å². The minimum absolute atomic E-state index is 0.265. The molecule has 3 nitrogen and oxygen atoms in total. The molecule has 0 fully saturated rings. The first kappa shape index (κ1) is 16.6. The molecule has 0 spiro atoms. The van der Waals surface area contributed by atoms with Crippen LogP contribution in [0.15, 0.2) is 60.7 Å². The van der Waals surface area contributed by atoms with Crippen LogP contribution in [0, 0.1) is 0 Å². The van der Waals surface area contributed by atoms with Gasteiger partial charge >= 0.3 is 138 Å². The Bertz CT molecular complexity index is 665. The molecule has 0 heterocycles. The second-order valence-electron chi connectivity index (χ2n) is 4.67. The van der Waals surface area contributed by atoms with Gasteiger partial charge in [-0.05, 0) is 0 Å². The SMILES string of the molecule is CS(=O)(=O)[N]([Ru][Cl])C(Cc1ccccc1)c1ccccc1. The normalized spacial score (nSPS) is 13.5. The Kier molecular flexibility index (Phi) is 5.94. The van der Waals surface area contributed by atoms with Crippen LogP contribution in [0.25, 0.3) is 0 Å². The third kappa shape index (κ3) is 4.62. The summed E-state index contributed by atoms with van der Waals surface area (Å²) in [6, 6.07) is 19.2. The molecule has 0 radical (unpaired) electrons. The van der Waals surface area contributed by atoms with Gasteiger partial charge in [0.25, 0.3) is 0 Å². The van der Waals surface area contributed by atoms with Gasteiger partial charge in [0.15, 0.2) is 0 Å². The van der Waals surface area contributed by atoms with Crippen LogP contribution in [0.2, 0.25) is 0 Å². The van der Waals surface area contributed by atoms with Crippen molar-refractivity contribution < 1.29 is 24.8 Å². The van der Waals surface area contributed by atoms with Gasteiger partial charge in [0, 0.05) is 0 Å². The van der Waals surface area contributed by atoms with E-state index in [-0.39, 0.29) is 6.04 Å². The molecule has 0 aliphatic carbocycles. The molecule has 114 valence electrons. The second kappa shape index (κ2) is 7.50. The molecule has 2 aromatic rings. The van der Waals surface area contributed by atoms with Crippen LogP contribution >= 0.6 is 9.69 Å². The summed E-state index contributed by atoms with van der Waals surface area (Å²) in [7, 11) is 2.66. The first-order chi connectivity index (χ1) is 10.0. The summed E-state index contributed by atoms with van der Waals surface area (Å²) in [5.74, 6) is 0. The molecule has 0 saturated heterocycles. The van der Waals surface area contributed by atoms with E-state index in [1.165, 1.54) is 9.30 Å². The third-order valence-electron chi connectivity index (χ3n) is 3.06. The Hall–Kier alpha value is -0.737. The van der Waals surface area contributed by atoms with Crippen molar-refractivity contribution in [3.63, 3.8) is 0 Å². The molecule has 0 aliphatic heterocycles. The topological polar surface area (TPSA) is 37.4 Å². The Labute approximate surface area is 137 Å². The Morgan fingerprint density at radius 3 is 2.05 bits per heavy atom. The Balaban J connectivity index is 2.39. The molecule has 21 heavy (non-hydrogen) atoms. The fourth-order valence-corrected chi connectivity index (χ4v) is 6.22. The molecule has 0 saturated carbocycles. The van der Waals surface area contributed by atoms with Gasteiger partial charge in [-0.1, -0.05) is 0 Å². The van der Waals surface area contributed by atoms with Gasteiger partial charge in [-0.2, -0.15) is 0 Å². The molecule has 1 unspecified atom stereocenters. The summed E-state index contributed by atoms with van der Waals surface area (Å²) >= 11 is -0.908. The summed E-state index contributed by atoms with van der Waals surface area (Å²) in [5.41, 5.74) is 2.05. The molecule has 2 aromatic carbocycles. The summed E-state index contributed by atoms with van der Waals surface area (Å²) in [5, 5.41) is 0. The molecule has 0 aromatic heterocycles. The number of nitrogens with zero attached hydrogens (tertiary/aromatic N) is 1. The van der Waals surface area contributed by atoms with E-state index in [2.05, 4.69) is 0 Å². The fraction of sp³-hybridized carbons (Fsp3) is 0.200. The van der Waals surface area contributed by atoms with Crippen LogP contribution in [0.1, 0.15) is 17.2 Å². The molecule has 0 bridgehead atoms. The quantitative estimate of drug-likeness (QED) is 0.684. The van der Waals surface area contributed by atoms with Crippen molar-refractivity contribution in [1.29, 1.82) is 0 Å². The van der Waals surface area contributed by atoms with Crippen molar-refractivity contribution in [3.8, 4) is 0 Å². The standard InChI is InChI=1S/C15H16NO2S.ClH.Ru/c1-19(17,18)16-15(14-10-6-3-7-11-14)12-13-8-4-2-5-9-13;;/h2-11,15H,12H2,1H3;1H;/q-1;;+2/p-1. The first-order valence-electron chi connectivity index (χ1n) is 6.35. The number of hydrogen-bond donors (Lipinski definition) is 0. The number of hydrogen-bond acceptors (Lipinski definition) is 2. The van der Waals surface area contributed by atoms with E-state index < -0.39 is 26.4 Å². The monoisotopic (exact) mass is 411 g/mol. The van der Waals surface area contributed by atoms with Crippen molar-refractivity contribution in [2.24, 2.45) is 0 Å². The van der Waals surface area contributed by atoms with Gasteiger partial charge in [-0.15, -0.1) is 0 Å². The van der Waals surface area contributed by atoms with Crippen LogP contribution in [0.4, 0.5) is 0 Å². The third-order valence-corrected chi connectivity index (χ3v) is 8.06. The predicted octanol–water partition coefficient (Wildman–Crippen LogP) is 3.38. The fourth-order valence-electron chi connectivity index (χ4n) is 2.13. The van der Waals surface area contributed by atoms with Crippen LogP contribution in [0.3, 0.4) is 0 Å². The number of rotatable bonds is 6. The summed E-state index contributed by atoms with van der Waals surface area (Å²) in [6.07, 6.45) is 1.82. The van der Waals surface area contributed by atoms with E-state index in [0.717, 1.165) is 11.1 Å². The molecule has 0 amide bonds. The first-order valence-corrected chi connectivity index (χ1v) is 11.2. The van der Waals surface area contributed by atoms with E-state index in [0.29, 0.717) is 6.42 Å². The molecule has 6 heteroatoms. The zero-order valence-corrected chi connectivity index (χ0v) is 14.8. The van der Waals surface area contributed by atoms with E-state index in [1.807, 2.05) is 60.7 Å². The van der Waals surface area contributed by atoms with Crippen molar-refractivity contribution in [2.75, 3.05) is 6.26 Å². The van der Waals surface area contributed by atoms with Crippen LogP contribution in [-0.2, 0) is 32.8 Å². The molecular formula is C15H16ClNO2RuS. The van der Waals surface area contributed by atoms with Crippen LogP contribution < -0.4 is 0 Å². The Morgan fingerprint density at radius 1 is 1.05 bits per heavy atom. The van der Waals surface area contributed by atoms with Gasteiger partial charge < -0.3 is 0 Å². The van der Waals surface area contributed by atoms with Crippen LogP contribution in [0.5, 0.6) is 0 Å². The van der Waals surface area contributed by atoms with E-state index in [4.69, 9.17) is 9.69 Å². The van der Waals surface area contributed by atoms with Gasteiger partial charge in [0.05, 0.1) is 0 Å². The maximum atomic E-state index is 12.0. The van der Waals surface area contributed by atoms with Crippen molar-refractivity contribution >= 4 is 19.7 Å². The molecular weight excluding hydrogens is 395 g/mol. The molecule has 2 rings (SSSR count). The number of sulfonamides is 1. The zero-order valence-electron chi connectivity index (χ0n) is 11.5. The van der Waals surface area contributed by atoms with Gasteiger partial charge in [-0.25, -0.2) is 0 Å².